The van der Waals surface area contributed by atoms with Gasteiger partial charge in [0.2, 0.25) is 0 Å². The minimum absolute atomic E-state index is 0.698. The summed E-state index contributed by atoms with van der Waals surface area (Å²) in [5, 5.41) is 1.20. The molecule has 0 fully saturated rings. The van der Waals surface area contributed by atoms with Gasteiger partial charge in [-0.1, -0.05) is 42.5 Å². The van der Waals surface area contributed by atoms with Crippen LogP contribution < -0.4 is 0 Å². The zero-order valence-corrected chi connectivity index (χ0v) is 10.1. The molecule has 2 aromatic carbocycles. The van der Waals surface area contributed by atoms with Crippen LogP contribution in [-0.2, 0) is 7.05 Å². The van der Waals surface area contributed by atoms with E-state index in [1.165, 1.54) is 10.9 Å². The Morgan fingerprint density at radius 1 is 1.00 bits per heavy atom. The van der Waals surface area contributed by atoms with E-state index in [4.69, 9.17) is 6.57 Å². The molecule has 2 heteroatoms. The number of nitrogens with zero attached hydrogens (tertiary/aromatic N) is 2. The molecule has 2 nitrogen and oxygen atoms in total. The van der Waals surface area contributed by atoms with Crippen LogP contribution in [-0.4, -0.2) is 4.57 Å². The number of benzene rings is 2. The predicted octanol–water partition coefficient (Wildman–Crippen LogP) is 4.40. The average Bonchev–Trinajstić information content (AvgIpc) is 2.76. The van der Waals surface area contributed by atoms with E-state index in [1.54, 1.807) is 0 Å². The first kappa shape index (κ1) is 10.6. The smallest absolute Gasteiger partial charge is 0.196 e. The van der Waals surface area contributed by atoms with Crippen molar-refractivity contribution in [2.75, 3.05) is 0 Å². The molecular formula is C16H12N2. The largest absolute Gasteiger partial charge is 0.345 e. The number of aromatic nitrogens is 1. The van der Waals surface area contributed by atoms with Gasteiger partial charge >= 0.3 is 0 Å². The Labute approximate surface area is 106 Å². The van der Waals surface area contributed by atoms with Crippen LogP contribution in [0.15, 0.2) is 54.6 Å². The average molecular weight is 232 g/mol. The van der Waals surface area contributed by atoms with Crippen LogP contribution in [0.4, 0.5) is 5.69 Å². The van der Waals surface area contributed by atoms with Gasteiger partial charge in [-0.05, 0) is 12.1 Å². The number of rotatable bonds is 1. The molecular weight excluding hydrogens is 220 g/mol. The molecule has 0 aliphatic heterocycles. The van der Waals surface area contributed by atoms with Gasteiger partial charge in [-0.25, -0.2) is 4.85 Å². The van der Waals surface area contributed by atoms with Crippen LogP contribution in [0.5, 0.6) is 0 Å². The Hall–Kier alpha value is -2.53. The summed E-state index contributed by atoms with van der Waals surface area (Å²) in [5.41, 5.74) is 3.96. The number of hydrogen-bond acceptors (Lipinski definition) is 0. The molecule has 86 valence electrons. The van der Waals surface area contributed by atoms with E-state index in [2.05, 4.69) is 27.6 Å². The zero-order valence-electron chi connectivity index (χ0n) is 10.1. The molecule has 0 aliphatic rings. The first-order valence-corrected chi connectivity index (χ1v) is 5.82. The highest BCUT2D eigenvalue weighted by Crippen LogP contribution is 2.33. The maximum Gasteiger partial charge on any atom is 0.196 e. The van der Waals surface area contributed by atoms with Crippen molar-refractivity contribution >= 4 is 16.6 Å². The molecule has 0 amide bonds. The Kier molecular flexibility index (Phi) is 2.39. The highest BCUT2D eigenvalue weighted by Gasteiger charge is 2.10. The molecule has 0 unspecified atom stereocenters. The number of para-hydroxylation sites is 2. The van der Waals surface area contributed by atoms with Crippen molar-refractivity contribution in [3.63, 3.8) is 0 Å². The van der Waals surface area contributed by atoms with E-state index in [9.17, 15) is 0 Å². The molecule has 3 aromatic rings. The molecule has 1 heterocycles. The van der Waals surface area contributed by atoms with Crippen molar-refractivity contribution in [2.24, 2.45) is 7.05 Å². The summed E-state index contributed by atoms with van der Waals surface area (Å²) in [6, 6.07) is 18.1. The molecule has 0 atom stereocenters. The molecule has 0 N–H and O–H groups in total. The molecule has 1 aromatic heterocycles. The molecule has 3 rings (SSSR count). The van der Waals surface area contributed by atoms with E-state index < -0.39 is 0 Å². The lowest BCUT2D eigenvalue weighted by Gasteiger charge is -2.06. The molecule has 0 aliphatic carbocycles. The van der Waals surface area contributed by atoms with E-state index in [0.29, 0.717) is 5.69 Å². The lowest BCUT2D eigenvalue weighted by Crippen LogP contribution is -1.90. The predicted molar refractivity (Wildman–Crippen MR) is 74.6 cm³/mol. The molecule has 0 radical (unpaired) electrons. The maximum atomic E-state index is 7.25. The summed E-state index contributed by atoms with van der Waals surface area (Å²) in [4.78, 5) is 3.59. The third-order valence-electron chi connectivity index (χ3n) is 3.25. The molecule has 18 heavy (non-hydrogen) atoms. The Morgan fingerprint density at radius 3 is 2.50 bits per heavy atom. The van der Waals surface area contributed by atoms with Crippen LogP contribution in [0.3, 0.4) is 0 Å². The summed E-state index contributed by atoms with van der Waals surface area (Å²) < 4.78 is 2.14. The normalized spacial score (nSPS) is 10.4. The van der Waals surface area contributed by atoms with Crippen LogP contribution in [0.25, 0.3) is 27.0 Å². The van der Waals surface area contributed by atoms with E-state index >= 15 is 0 Å². The highest BCUT2D eigenvalue weighted by molar-refractivity contribution is 5.89. The lowest BCUT2D eigenvalue weighted by atomic mass is 10.1. The van der Waals surface area contributed by atoms with E-state index in [1.807, 2.05) is 43.4 Å². The second-order valence-corrected chi connectivity index (χ2v) is 4.28. The Bertz CT molecular complexity index is 760. The Morgan fingerprint density at radius 2 is 1.72 bits per heavy atom. The van der Waals surface area contributed by atoms with E-state index in [0.717, 1.165) is 11.3 Å². The molecule has 0 saturated carbocycles. The monoisotopic (exact) mass is 232 g/mol. The van der Waals surface area contributed by atoms with Gasteiger partial charge < -0.3 is 4.57 Å². The quantitative estimate of drug-likeness (QED) is 0.550. The van der Waals surface area contributed by atoms with Gasteiger partial charge in [0.05, 0.1) is 6.57 Å². The molecule has 0 spiro atoms. The number of hydrogen-bond donors (Lipinski definition) is 0. The van der Waals surface area contributed by atoms with Crippen LogP contribution in [0.2, 0.25) is 0 Å². The number of aryl methyl sites for hydroxylation is 1. The Balaban J connectivity index is 2.33. The third kappa shape index (κ3) is 1.49. The molecule has 0 bridgehead atoms. The van der Waals surface area contributed by atoms with Gasteiger partial charge in [-0.15, -0.1) is 0 Å². The maximum absolute atomic E-state index is 7.25. The minimum Gasteiger partial charge on any atom is -0.345 e. The van der Waals surface area contributed by atoms with Crippen molar-refractivity contribution in [3.05, 3.63) is 66.0 Å². The highest BCUT2D eigenvalue weighted by atomic mass is 14.9. The standard InChI is InChI=1S/C16H12N2/c1-17-14-9-5-4-8-13(14)16-11-12-7-3-6-10-15(12)18(16)2/h3-11H,2H3. The van der Waals surface area contributed by atoms with Gasteiger partial charge in [-0.2, -0.15) is 0 Å². The van der Waals surface area contributed by atoms with Crippen LogP contribution in [0.1, 0.15) is 0 Å². The van der Waals surface area contributed by atoms with Crippen LogP contribution >= 0.6 is 0 Å². The summed E-state index contributed by atoms with van der Waals surface area (Å²) in [5.74, 6) is 0. The first-order valence-electron chi connectivity index (χ1n) is 5.82. The summed E-state index contributed by atoms with van der Waals surface area (Å²) in [6.07, 6.45) is 0. The van der Waals surface area contributed by atoms with E-state index in [-0.39, 0.29) is 0 Å². The van der Waals surface area contributed by atoms with Crippen molar-refractivity contribution in [3.8, 4) is 11.3 Å². The SMILES string of the molecule is [C-]#[N+]c1ccccc1-c1cc2ccccc2n1C. The number of fused-ring (bicyclic) bond motifs is 1. The summed E-state index contributed by atoms with van der Waals surface area (Å²) >= 11 is 0. The van der Waals surface area contributed by atoms with Gasteiger partial charge in [0.1, 0.15) is 0 Å². The van der Waals surface area contributed by atoms with Crippen molar-refractivity contribution in [1.82, 2.24) is 4.57 Å². The van der Waals surface area contributed by atoms with Gasteiger partial charge in [0, 0.05) is 29.2 Å². The van der Waals surface area contributed by atoms with Crippen LogP contribution in [0, 0.1) is 6.57 Å². The summed E-state index contributed by atoms with van der Waals surface area (Å²) in [7, 11) is 2.04. The summed E-state index contributed by atoms with van der Waals surface area (Å²) in [6.45, 7) is 7.25. The topological polar surface area (TPSA) is 9.29 Å². The fourth-order valence-corrected chi connectivity index (χ4v) is 2.34. The fourth-order valence-electron chi connectivity index (χ4n) is 2.34. The second-order valence-electron chi connectivity index (χ2n) is 4.28. The van der Waals surface area contributed by atoms with Gasteiger partial charge in [-0.3, -0.25) is 0 Å². The molecule has 0 saturated heterocycles. The van der Waals surface area contributed by atoms with Crippen molar-refractivity contribution < 1.29 is 0 Å². The first-order chi connectivity index (χ1) is 8.81. The third-order valence-corrected chi connectivity index (χ3v) is 3.25. The van der Waals surface area contributed by atoms with Crippen molar-refractivity contribution in [1.29, 1.82) is 0 Å². The van der Waals surface area contributed by atoms with Gasteiger partial charge in [0.25, 0.3) is 0 Å². The van der Waals surface area contributed by atoms with Gasteiger partial charge in [0.15, 0.2) is 5.69 Å². The zero-order chi connectivity index (χ0) is 12.5. The van der Waals surface area contributed by atoms with Crippen molar-refractivity contribution in [2.45, 2.75) is 0 Å². The second kappa shape index (κ2) is 4.05. The lowest BCUT2D eigenvalue weighted by molar-refractivity contribution is 0.979. The fraction of sp³-hybridized carbons (Fsp3) is 0.0625. The minimum atomic E-state index is 0.698.